The van der Waals surface area contributed by atoms with Crippen molar-refractivity contribution in [1.82, 2.24) is 14.7 Å². The monoisotopic (exact) mass is 217 g/mol. The van der Waals surface area contributed by atoms with Crippen LogP contribution >= 0.6 is 0 Å². The van der Waals surface area contributed by atoms with Crippen molar-refractivity contribution in [2.45, 2.75) is 33.2 Å². The topological polar surface area (TPSA) is 29.3 Å². The summed E-state index contributed by atoms with van der Waals surface area (Å²) in [6.45, 7) is 7.32. The Labute approximate surface area is 96.5 Å². The Kier molecular flexibility index (Phi) is 2.97. The Bertz CT molecular complexity index is 497. The van der Waals surface area contributed by atoms with E-state index < -0.39 is 0 Å². The summed E-state index contributed by atoms with van der Waals surface area (Å²) in [4.78, 5) is 4.74. The zero-order valence-corrected chi connectivity index (χ0v) is 10.4. The van der Waals surface area contributed by atoms with Gasteiger partial charge >= 0.3 is 0 Å². The van der Waals surface area contributed by atoms with Crippen molar-refractivity contribution in [2.24, 2.45) is 0 Å². The molecule has 0 saturated carbocycles. The van der Waals surface area contributed by atoms with Gasteiger partial charge in [0, 0.05) is 18.2 Å². The second-order valence-corrected chi connectivity index (χ2v) is 4.49. The van der Waals surface area contributed by atoms with E-state index in [1.807, 2.05) is 7.05 Å². The van der Waals surface area contributed by atoms with E-state index in [9.17, 15) is 0 Å². The first-order valence-electron chi connectivity index (χ1n) is 5.76. The summed E-state index contributed by atoms with van der Waals surface area (Å²) >= 11 is 0. The molecule has 1 N–H and O–H groups in total. The average Bonchev–Trinajstić information content (AvgIpc) is 2.60. The van der Waals surface area contributed by atoms with Crippen LogP contribution in [0, 0.1) is 6.92 Å². The molecule has 0 aliphatic heterocycles. The van der Waals surface area contributed by atoms with Crippen molar-refractivity contribution in [1.29, 1.82) is 0 Å². The van der Waals surface area contributed by atoms with Crippen molar-refractivity contribution in [3.63, 3.8) is 0 Å². The normalized spacial score (nSPS) is 11.6. The highest BCUT2D eigenvalue weighted by Gasteiger charge is 2.13. The van der Waals surface area contributed by atoms with E-state index in [0.29, 0.717) is 5.92 Å². The molecule has 0 saturated heterocycles. The summed E-state index contributed by atoms with van der Waals surface area (Å²) in [7, 11) is 1.95. The fraction of sp³-hybridized carbons (Fsp3) is 0.462. The van der Waals surface area contributed by atoms with Crippen molar-refractivity contribution in [3.05, 3.63) is 35.4 Å². The van der Waals surface area contributed by atoms with Crippen LogP contribution < -0.4 is 5.32 Å². The minimum absolute atomic E-state index is 0.444. The van der Waals surface area contributed by atoms with Gasteiger partial charge in [-0.25, -0.2) is 4.98 Å². The molecule has 0 bridgehead atoms. The molecule has 86 valence electrons. The number of imidazole rings is 1. The van der Waals surface area contributed by atoms with Crippen molar-refractivity contribution < 1.29 is 0 Å². The maximum Gasteiger partial charge on any atom is 0.116 e. The van der Waals surface area contributed by atoms with Gasteiger partial charge in [0.05, 0.1) is 11.2 Å². The van der Waals surface area contributed by atoms with Gasteiger partial charge in [-0.15, -0.1) is 0 Å². The Balaban J connectivity index is 2.71. The Morgan fingerprint density at radius 3 is 2.75 bits per heavy atom. The highest BCUT2D eigenvalue weighted by atomic mass is 15.1. The molecule has 0 aliphatic carbocycles. The van der Waals surface area contributed by atoms with Crippen LogP contribution in [0.4, 0.5) is 0 Å². The zero-order valence-electron chi connectivity index (χ0n) is 10.4. The largest absolute Gasteiger partial charge is 0.314 e. The van der Waals surface area contributed by atoms with Crippen LogP contribution in [0.15, 0.2) is 18.2 Å². The lowest BCUT2D eigenvalue weighted by Gasteiger charge is -2.06. The zero-order chi connectivity index (χ0) is 11.7. The fourth-order valence-corrected chi connectivity index (χ4v) is 2.08. The number of fused-ring (bicyclic) bond motifs is 1. The van der Waals surface area contributed by atoms with Crippen LogP contribution in [0.3, 0.4) is 0 Å². The molecule has 3 heteroatoms. The van der Waals surface area contributed by atoms with E-state index in [0.717, 1.165) is 18.1 Å². The predicted octanol–water partition coefficient (Wildman–Crippen LogP) is 2.49. The van der Waals surface area contributed by atoms with Gasteiger partial charge in [-0.05, 0) is 26.1 Å². The predicted molar refractivity (Wildman–Crippen MR) is 66.8 cm³/mol. The molecule has 0 amide bonds. The van der Waals surface area contributed by atoms with Crippen LogP contribution in [0.25, 0.3) is 5.52 Å². The average molecular weight is 217 g/mol. The summed E-state index contributed by atoms with van der Waals surface area (Å²) in [6.07, 6.45) is 0. The lowest BCUT2D eigenvalue weighted by Crippen LogP contribution is -2.05. The first-order valence-corrected chi connectivity index (χ1v) is 5.76. The van der Waals surface area contributed by atoms with E-state index >= 15 is 0 Å². The van der Waals surface area contributed by atoms with Gasteiger partial charge in [-0.1, -0.05) is 19.9 Å². The molecule has 2 aromatic rings. The summed E-state index contributed by atoms with van der Waals surface area (Å²) in [6, 6.07) is 6.36. The third kappa shape index (κ3) is 1.71. The third-order valence-corrected chi connectivity index (χ3v) is 2.82. The van der Waals surface area contributed by atoms with Crippen molar-refractivity contribution in [2.75, 3.05) is 7.05 Å². The minimum atomic E-state index is 0.444. The molecule has 2 heterocycles. The highest BCUT2D eigenvalue weighted by Crippen LogP contribution is 2.21. The van der Waals surface area contributed by atoms with Gasteiger partial charge in [0.2, 0.25) is 0 Å². The SMILES string of the molecule is CNCc1nc(C(C)C)n2c(C)cccc12. The molecule has 0 unspecified atom stereocenters. The lowest BCUT2D eigenvalue weighted by atomic mass is 10.2. The van der Waals surface area contributed by atoms with E-state index in [4.69, 9.17) is 4.98 Å². The van der Waals surface area contributed by atoms with E-state index in [1.165, 1.54) is 11.2 Å². The molecule has 3 nitrogen and oxygen atoms in total. The number of aryl methyl sites for hydroxylation is 1. The van der Waals surface area contributed by atoms with E-state index in [-0.39, 0.29) is 0 Å². The molecule has 0 spiro atoms. The molecular formula is C13H19N3. The van der Waals surface area contributed by atoms with Gasteiger partial charge in [-0.3, -0.25) is 0 Å². The van der Waals surface area contributed by atoms with Gasteiger partial charge in [0.25, 0.3) is 0 Å². The van der Waals surface area contributed by atoms with E-state index in [1.54, 1.807) is 0 Å². The van der Waals surface area contributed by atoms with Crippen LogP contribution in [0.5, 0.6) is 0 Å². The van der Waals surface area contributed by atoms with Gasteiger partial charge < -0.3 is 9.72 Å². The third-order valence-electron chi connectivity index (χ3n) is 2.82. The smallest absolute Gasteiger partial charge is 0.116 e. The highest BCUT2D eigenvalue weighted by molar-refractivity contribution is 5.54. The summed E-state index contributed by atoms with van der Waals surface area (Å²) in [5, 5.41) is 3.17. The van der Waals surface area contributed by atoms with Gasteiger partial charge in [-0.2, -0.15) is 0 Å². The number of nitrogens with zero attached hydrogens (tertiary/aromatic N) is 2. The summed E-state index contributed by atoms with van der Waals surface area (Å²) in [5.41, 5.74) is 3.60. The number of hydrogen-bond acceptors (Lipinski definition) is 2. The van der Waals surface area contributed by atoms with E-state index in [2.05, 4.69) is 48.7 Å². The molecule has 0 aromatic carbocycles. The van der Waals surface area contributed by atoms with Crippen molar-refractivity contribution in [3.8, 4) is 0 Å². The minimum Gasteiger partial charge on any atom is -0.314 e. The molecule has 2 rings (SSSR count). The van der Waals surface area contributed by atoms with Crippen molar-refractivity contribution >= 4 is 5.52 Å². The molecular weight excluding hydrogens is 198 g/mol. The van der Waals surface area contributed by atoms with Crippen LogP contribution in [-0.2, 0) is 6.54 Å². The quantitative estimate of drug-likeness (QED) is 0.856. The van der Waals surface area contributed by atoms with Gasteiger partial charge in [0.15, 0.2) is 0 Å². The number of pyridine rings is 1. The molecule has 16 heavy (non-hydrogen) atoms. The summed E-state index contributed by atoms with van der Waals surface area (Å²) in [5.74, 6) is 1.59. The first-order chi connectivity index (χ1) is 7.65. The first kappa shape index (κ1) is 11.1. The standard InChI is InChI=1S/C13H19N3/c1-9(2)13-15-11(8-14-4)12-7-5-6-10(3)16(12)13/h5-7,9,14H,8H2,1-4H3. The number of aromatic nitrogens is 2. The Hall–Kier alpha value is -1.35. The van der Waals surface area contributed by atoms with Crippen LogP contribution in [0.2, 0.25) is 0 Å². The Morgan fingerprint density at radius 1 is 1.38 bits per heavy atom. The van der Waals surface area contributed by atoms with Gasteiger partial charge in [0.1, 0.15) is 5.82 Å². The van der Waals surface area contributed by atoms with Crippen LogP contribution in [-0.4, -0.2) is 16.4 Å². The molecule has 0 atom stereocenters. The number of rotatable bonds is 3. The fourth-order valence-electron chi connectivity index (χ4n) is 2.08. The maximum absolute atomic E-state index is 4.74. The number of hydrogen-bond donors (Lipinski definition) is 1. The molecule has 0 fully saturated rings. The van der Waals surface area contributed by atoms with Crippen LogP contribution in [0.1, 0.15) is 37.0 Å². The molecule has 0 radical (unpaired) electrons. The molecule has 0 aliphatic rings. The second-order valence-electron chi connectivity index (χ2n) is 4.49. The second kappa shape index (κ2) is 4.26. The summed E-state index contributed by atoms with van der Waals surface area (Å²) < 4.78 is 2.26. The Morgan fingerprint density at radius 2 is 2.12 bits per heavy atom. The molecule has 2 aromatic heterocycles. The number of nitrogens with one attached hydrogen (secondary N) is 1. The maximum atomic E-state index is 4.74. The lowest BCUT2D eigenvalue weighted by molar-refractivity contribution is 0.746.